The average molecular weight is 251 g/mol. The zero-order valence-electron chi connectivity index (χ0n) is 11.2. The van der Waals surface area contributed by atoms with Gasteiger partial charge in [0.25, 0.3) is 0 Å². The number of ether oxygens (including phenoxy) is 1. The van der Waals surface area contributed by atoms with Crippen LogP contribution in [0.1, 0.15) is 38.7 Å². The monoisotopic (exact) mass is 251 g/mol. The Balaban J connectivity index is 2.08. The van der Waals surface area contributed by atoms with Crippen LogP contribution in [0.15, 0.2) is 18.2 Å². The summed E-state index contributed by atoms with van der Waals surface area (Å²) in [5.41, 5.74) is 6.08. The van der Waals surface area contributed by atoms with E-state index in [-0.39, 0.29) is 18.5 Å². The van der Waals surface area contributed by atoms with E-state index in [0.717, 1.165) is 18.8 Å². The van der Waals surface area contributed by atoms with Gasteiger partial charge in [-0.1, -0.05) is 19.9 Å². The Morgan fingerprint density at radius 2 is 2.06 bits per heavy atom. The predicted octanol–water partition coefficient (Wildman–Crippen LogP) is 3.49. The maximum Gasteiger partial charge on any atom is 0.131 e. The lowest BCUT2D eigenvalue weighted by Crippen LogP contribution is -2.29. The van der Waals surface area contributed by atoms with Crippen molar-refractivity contribution in [1.82, 2.24) is 0 Å². The Morgan fingerprint density at radius 3 is 2.72 bits per heavy atom. The zero-order valence-corrected chi connectivity index (χ0v) is 11.2. The van der Waals surface area contributed by atoms with Gasteiger partial charge in [0.05, 0.1) is 6.10 Å². The Bertz CT molecular complexity index is 407. The largest absolute Gasteiger partial charge is 0.490 e. The van der Waals surface area contributed by atoms with E-state index in [0.29, 0.717) is 17.2 Å². The Morgan fingerprint density at radius 1 is 1.28 bits per heavy atom. The summed E-state index contributed by atoms with van der Waals surface area (Å²) in [6.45, 7) is 4.73. The van der Waals surface area contributed by atoms with Gasteiger partial charge in [-0.25, -0.2) is 4.39 Å². The first-order valence-corrected chi connectivity index (χ1v) is 6.76. The topological polar surface area (TPSA) is 35.2 Å². The minimum atomic E-state index is -0.271. The van der Waals surface area contributed by atoms with Crippen LogP contribution in [0.2, 0.25) is 0 Å². The first-order valence-electron chi connectivity index (χ1n) is 6.76. The van der Waals surface area contributed by atoms with E-state index in [1.54, 1.807) is 6.07 Å². The summed E-state index contributed by atoms with van der Waals surface area (Å²) in [5.74, 6) is 1.77. The van der Waals surface area contributed by atoms with E-state index in [9.17, 15) is 4.39 Å². The highest BCUT2D eigenvalue weighted by Crippen LogP contribution is 2.33. The second kappa shape index (κ2) is 5.70. The normalized spacial score (nSPS) is 28.1. The van der Waals surface area contributed by atoms with Gasteiger partial charge in [-0.15, -0.1) is 0 Å². The van der Waals surface area contributed by atoms with Crippen molar-refractivity contribution in [3.63, 3.8) is 0 Å². The summed E-state index contributed by atoms with van der Waals surface area (Å²) < 4.78 is 19.5. The van der Waals surface area contributed by atoms with Crippen LogP contribution in [-0.4, -0.2) is 6.10 Å². The summed E-state index contributed by atoms with van der Waals surface area (Å²) >= 11 is 0. The van der Waals surface area contributed by atoms with E-state index in [2.05, 4.69) is 13.8 Å². The first-order chi connectivity index (χ1) is 8.61. The molecule has 1 saturated carbocycles. The van der Waals surface area contributed by atoms with Crippen LogP contribution in [0.25, 0.3) is 0 Å². The molecular weight excluding hydrogens is 229 g/mol. The molecule has 0 bridgehead atoms. The molecule has 2 N–H and O–H groups in total. The highest BCUT2D eigenvalue weighted by Gasteiger charge is 2.26. The van der Waals surface area contributed by atoms with E-state index in [4.69, 9.17) is 10.5 Å². The van der Waals surface area contributed by atoms with Crippen LogP contribution in [-0.2, 0) is 6.54 Å². The molecule has 1 fully saturated rings. The minimum Gasteiger partial charge on any atom is -0.490 e. The van der Waals surface area contributed by atoms with Crippen molar-refractivity contribution >= 4 is 0 Å². The summed E-state index contributed by atoms with van der Waals surface area (Å²) in [6, 6.07) is 4.92. The van der Waals surface area contributed by atoms with Crippen LogP contribution in [0.5, 0.6) is 5.75 Å². The van der Waals surface area contributed by atoms with Gasteiger partial charge < -0.3 is 10.5 Å². The van der Waals surface area contributed by atoms with Crippen molar-refractivity contribution in [3.8, 4) is 5.75 Å². The molecular formula is C15H22FNO. The molecule has 1 aromatic rings. The smallest absolute Gasteiger partial charge is 0.131 e. The number of hydrogen-bond donors (Lipinski definition) is 1. The number of hydrogen-bond acceptors (Lipinski definition) is 2. The van der Waals surface area contributed by atoms with Gasteiger partial charge in [0, 0.05) is 12.1 Å². The predicted molar refractivity (Wildman–Crippen MR) is 70.9 cm³/mol. The molecule has 3 unspecified atom stereocenters. The van der Waals surface area contributed by atoms with Crippen LogP contribution < -0.4 is 10.5 Å². The molecule has 0 aliphatic heterocycles. The lowest BCUT2D eigenvalue weighted by atomic mass is 9.80. The molecule has 0 amide bonds. The van der Waals surface area contributed by atoms with Crippen molar-refractivity contribution in [3.05, 3.63) is 29.6 Å². The fourth-order valence-corrected chi connectivity index (χ4v) is 2.63. The molecule has 0 saturated heterocycles. The van der Waals surface area contributed by atoms with E-state index >= 15 is 0 Å². The third-order valence-corrected chi connectivity index (χ3v) is 4.12. The van der Waals surface area contributed by atoms with Gasteiger partial charge in [-0.05, 0) is 43.2 Å². The van der Waals surface area contributed by atoms with Gasteiger partial charge in [-0.2, -0.15) is 0 Å². The van der Waals surface area contributed by atoms with Crippen molar-refractivity contribution in [2.24, 2.45) is 17.6 Å². The molecule has 1 aromatic carbocycles. The number of halogens is 1. The fourth-order valence-electron chi connectivity index (χ4n) is 2.63. The summed E-state index contributed by atoms with van der Waals surface area (Å²) in [4.78, 5) is 0. The molecule has 1 aliphatic rings. The minimum absolute atomic E-state index is 0.181. The molecule has 100 valence electrons. The summed E-state index contributed by atoms with van der Waals surface area (Å²) in [6.07, 6.45) is 3.47. The summed E-state index contributed by atoms with van der Waals surface area (Å²) in [7, 11) is 0. The molecule has 0 aromatic heterocycles. The first kappa shape index (κ1) is 13.3. The maximum atomic E-state index is 13.6. The molecule has 2 rings (SSSR count). The lowest BCUT2D eigenvalue weighted by Gasteiger charge is -2.32. The van der Waals surface area contributed by atoms with Gasteiger partial charge in [-0.3, -0.25) is 0 Å². The number of benzene rings is 1. The van der Waals surface area contributed by atoms with Crippen LogP contribution >= 0.6 is 0 Å². The van der Waals surface area contributed by atoms with Crippen LogP contribution in [0.3, 0.4) is 0 Å². The van der Waals surface area contributed by atoms with Crippen molar-refractivity contribution in [2.45, 2.75) is 45.8 Å². The molecule has 0 heterocycles. The SMILES string of the molecule is CC1CCC(Oc2cccc(F)c2CN)CC1C. The zero-order chi connectivity index (χ0) is 13.1. The molecule has 18 heavy (non-hydrogen) atoms. The third-order valence-electron chi connectivity index (χ3n) is 4.12. The Kier molecular flexibility index (Phi) is 4.23. The Labute approximate surface area is 108 Å². The molecule has 3 heteroatoms. The molecule has 3 atom stereocenters. The molecule has 1 aliphatic carbocycles. The van der Waals surface area contributed by atoms with Crippen LogP contribution in [0, 0.1) is 17.7 Å². The fraction of sp³-hybridized carbons (Fsp3) is 0.600. The van der Waals surface area contributed by atoms with Gasteiger partial charge in [0.15, 0.2) is 0 Å². The highest BCUT2D eigenvalue weighted by atomic mass is 19.1. The molecule has 2 nitrogen and oxygen atoms in total. The van der Waals surface area contributed by atoms with Gasteiger partial charge in [0.2, 0.25) is 0 Å². The summed E-state index contributed by atoms with van der Waals surface area (Å²) in [5, 5.41) is 0. The van der Waals surface area contributed by atoms with Gasteiger partial charge in [0.1, 0.15) is 11.6 Å². The highest BCUT2D eigenvalue weighted by molar-refractivity contribution is 5.34. The van der Waals surface area contributed by atoms with E-state index < -0.39 is 0 Å². The second-order valence-corrected chi connectivity index (χ2v) is 5.43. The third kappa shape index (κ3) is 2.83. The maximum absolute atomic E-state index is 13.6. The standard InChI is InChI=1S/C15H22FNO/c1-10-6-7-12(8-11(10)2)18-15-5-3-4-14(16)13(15)9-17/h3-5,10-12H,6-9,17H2,1-2H3. The van der Waals surface area contributed by atoms with E-state index in [1.165, 1.54) is 12.5 Å². The lowest BCUT2D eigenvalue weighted by molar-refractivity contribution is 0.0993. The van der Waals surface area contributed by atoms with Gasteiger partial charge >= 0.3 is 0 Å². The van der Waals surface area contributed by atoms with Crippen molar-refractivity contribution < 1.29 is 9.13 Å². The second-order valence-electron chi connectivity index (χ2n) is 5.43. The molecule has 0 radical (unpaired) electrons. The molecule has 0 spiro atoms. The van der Waals surface area contributed by atoms with Crippen molar-refractivity contribution in [2.75, 3.05) is 0 Å². The average Bonchev–Trinajstić information content (AvgIpc) is 2.34. The van der Waals surface area contributed by atoms with E-state index in [1.807, 2.05) is 6.07 Å². The van der Waals surface area contributed by atoms with Crippen LogP contribution in [0.4, 0.5) is 4.39 Å². The number of rotatable bonds is 3. The number of nitrogens with two attached hydrogens (primary N) is 1. The van der Waals surface area contributed by atoms with Crippen molar-refractivity contribution in [1.29, 1.82) is 0 Å². The quantitative estimate of drug-likeness (QED) is 0.892. The Hall–Kier alpha value is -1.09.